The zero-order valence-corrected chi connectivity index (χ0v) is 13.5. The van der Waals surface area contributed by atoms with Crippen molar-refractivity contribution in [3.8, 4) is 11.8 Å². The molecule has 3 rings (SSSR count). The van der Waals surface area contributed by atoms with E-state index in [1.807, 2.05) is 26.0 Å². The molecule has 1 N–H and O–H groups in total. The zero-order chi connectivity index (χ0) is 15.5. The molecule has 0 radical (unpaired) electrons. The molecule has 22 heavy (non-hydrogen) atoms. The highest BCUT2D eigenvalue weighted by Gasteiger charge is 2.16. The molecule has 0 bridgehead atoms. The van der Waals surface area contributed by atoms with E-state index in [4.69, 9.17) is 4.74 Å². The fourth-order valence-corrected chi connectivity index (χ4v) is 2.97. The van der Waals surface area contributed by atoms with Crippen LogP contribution in [0.1, 0.15) is 43.5 Å². The number of aryl methyl sites for hydroxylation is 2. The number of nitrogens with zero attached hydrogens (tertiary/aromatic N) is 4. The first-order chi connectivity index (χ1) is 10.7. The van der Waals surface area contributed by atoms with Crippen molar-refractivity contribution in [3.63, 3.8) is 0 Å². The van der Waals surface area contributed by atoms with Gasteiger partial charge in [0.05, 0.1) is 12.8 Å². The van der Waals surface area contributed by atoms with Crippen LogP contribution in [-0.2, 0) is 0 Å². The van der Waals surface area contributed by atoms with E-state index >= 15 is 0 Å². The Morgan fingerprint density at radius 3 is 2.55 bits per heavy atom. The summed E-state index contributed by atoms with van der Waals surface area (Å²) in [5.74, 6) is 1.90. The van der Waals surface area contributed by atoms with Crippen molar-refractivity contribution in [1.82, 2.24) is 19.7 Å². The maximum atomic E-state index is 5.32. The van der Waals surface area contributed by atoms with E-state index in [0.29, 0.717) is 17.9 Å². The summed E-state index contributed by atoms with van der Waals surface area (Å²) >= 11 is 0. The maximum absolute atomic E-state index is 5.32. The molecule has 1 fully saturated rings. The maximum Gasteiger partial charge on any atom is 0.256 e. The van der Waals surface area contributed by atoms with Gasteiger partial charge in [0.1, 0.15) is 5.82 Å². The molecule has 0 aliphatic heterocycles. The van der Waals surface area contributed by atoms with Crippen LogP contribution in [0, 0.1) is 13.8 Å². The average Bonchev–Trinajstić information content (AvgIpc) is 2.86. The van der Waals surface area contributed by atoms with Gasteiger partial charge in [0, 0.05) is 17.8 Å². The molecule has 0 atom stereocenters. The Labute approximate surface area is 130 Å². The molecule has 118 valence electrons. The van der Waals surface area contributed by atoms with Crippen molar-refractivity contribution in [2.45, 2.75) is 52.0 Å². The van der Waals surface area contributed by atoms with Crippen LogP contribution in [-0.4, -0.2) is 32.9 Å². The van der Waals surface area contributed by atoms with E-state index in [1.54, 1.807) is 11.8 Å². The highest BCUT2D eigenvalue weighted by atomic mass is 16.5. The molecule has 1 saturated carbocycles. The fraction of sp³-hybridized carbons (Fsp3) is 0.562. The molecule has 2 heterocycles. The summed E-state index contributed by atoms with van der Waals surface area (Å²) in [6.45, 7) is 3.96. The second-order valence-electron chi connectivity index (χ2n) is 5.91. The van der Waals surface area contributed by atoms with Gasteiger partial charge in [-0.2, -0.15) is 15.1 Å². The first kappa shape index (κ1) is 14.8. The Balaban J connectivity index is 1.90. The van der Waals surface area contributed by atoms with Crippen LogP contribution in [0.2, 0.25) is 0 Å². The SMILES string of the molecule is COc1cc(NC2CCCCC2)nc(-n2nc(C)cc2C)n1. The quantitative estimate of drug-likeness (QED) is 0.940. The minimum atomic E-state index is 0.488. The van der Waals surface area contributed by atoms with Gasteiger partial charge < -0.3 is 10.1 Å². The summed E-state index contributed by atoms with van der Waals surface area (Å²) in [6.07, 6.45) is 6.29. The number of methoxy groups -OCH3 is 1. The van der Waals surface area contributed by atoms with E-state index in [9.17, 15) is 0 Å². The van der Waals surface area contributed by atoms with Gasteiger partial charge in [0.2, 0.25) is 5.88 Å². The molecule has 0 spiro atoms. The van der Waals surface area contributed by atoms with Crippen molar-refractivity contribution in [3.05, 3.63) is 23.5 Å². The Bertz CT molecular complexity index is 646. The van der Waals surface area contributed by atoms with Gasteiger partial charge in [0.25, 0.3) is 5.95 Å². The van der Waals surface area contributed by atoms with Crippen LogP contribution in [0.25, 0.3) is 5.95 Å². The van der Waals surface area contributed by atoms with Gasteiger partial charge in [-0.3, -0.25) is 0 Å². The molecule has 2 aromatic heterocycles. The van der Waals surface area contributed by atoms with Crippen molar-refractivity contribution in [2.75, 3.05) is 12.4 Å². The van der Waals surface area contributed by atoms with Crippen molar-refractivity contribution in [2.24, 2.45) is 0 Å². The number of hydrogen-bond acceptors (Lipinski definition) is 5. The molecule has 1 aliphatic carbocycles. The molecule has 2 aromatic rings. The van der Waals surface area contributed by atoms with E-state index < -0.39 is 0 Å². The van der Waals surface area contributed by atoms with Crippen LogP contribution < -0.4 is 10.1 Å². The molecular formula is C16H23N5O. The number of rotatable bonds is 4. The number of hydrogen-bond donors (Lipinski definition) is 1. The first-order valence-electron chi connectivity index (χ1n) is 7.89. The zero-order valence-electron chi connectivity index (χ0n) is 13.5. The van der Waals surface area contributed by atoms with Gasteiger partial charge in [-0.1, -0.05) is 19.3 Å². The summed E-state index contributed by atoms with van der Waals surface area (Å²) in [6, 6.07) is 4.35. The molecule has 6 nitrogen and oxygen atoms in total. The highest BCUT2D eigenvalue weighted by molar-refractivity contribution is 5.42. The Kier molecular flexibility index (Phi) is 4.27. The van der Waals surface area contributed by atoms with Crippen LogP contribution in [0.3, 0.4) is 0 Å². The number of aromatic nitrogens is 4. The number of nitrogens with one attached hydrogen (secondary N) is 1. The normalized spacial score (nSPS) is 15.8. The van der Waals surface area contributed by atoms with E-state index in [-0.39, 0.29) is 0 Å². The van der Waals surface area contributed by atoms with Crippen molar-refractivity contribution < 1.29 is 4.74 Å². The number of anilines is 1. The third-order valence-corrected chi connectivity index (χ3v) is 4.06. The molecule has 0 amide bonds. The van der Waals surface area contributed by atoms with Gasteiger partial charge in [-0.25, -0.2) is 4.68 Å². The third-order valence-electron chi connectivity index (χ3n) is 4.06. The van der Waals surface area contributed by atoms with Crippen LogP contribution in [0.15, 0.2) is 12.1 Å². The largest absolute Gasteiger partial charge is 0.481 e. The van der Waals surface area contributed by atoms with Crippen LogP contribution in [0.5, 0.6) is 5.88 Å². The highest BCUT2D eigenvalue weighted by Crippen LogP contribution is 2.23. The summed E-state index contributed by atoms with van der Waals surface area (Å²) in [4.78, 5) is 9.03. The fourth-order valence-electron chi connectivity index (χ4n) is 2.97. The summed E-state index contributed by atoms with van der Waals surface area (Å²) < 4.78 is 7.07. The van der Waals surface area contributed by atoms with Gasteiger partial charge in [-0.05, 0) is 32.8 Å². The Hall–Kier alpha value is -2.11. The molecule has 1 aliphatic rings. The molecular weight excluding hydrogens is 278 g/mol. The molecule has 0 unspecified atom stereocenters. The van der Waals surface area contributed by atoms with E-state index in [1.165, 1.54) is 32.1 Å². The van der Waals surface area contributed by atoms with Crippen LogP contribution in [0.4, 0.5) is 5.82 Å². The Morgan fingerprint density at radius 2 is 1.91 bits per heavy atom. The first-order valence-corrected chi connectivity index (χ1v) is 7.89. The summed E-state index contributed by atoms with van der Waals surface area (Å²) in [5.41, 5.74) is 1.96. The van der Waals surface area contributed by atoms with Gasteiger partial charge in [-0.15, -0.1) is 0 Å². The van der Waals surface area contributed by atoms with E-state index in [0.717, 1.165) is 17.2 Å². The predicted molar refractivity (Wildman–Crippen MR) is 85.7 cm³/mol. The second kappa shape index (κ2) is 6.34. The van der Waals surface area contributed by atoms with Crippen molar-refractivity contribution in [1.29, 1.82) is 0 Å². The summed E-state index contributed by atoms with van der Waals surface area (Å²) in [7, 11) is 1.62. The lowest BCUT2D eigenvalue weighted by molar-refractivity contribution is 0.395. The monoisotopic (exact) mass is 301 g/mol. The predicted octanol–water partition coefficient (Wildman–Crippen LogP) is 3.03. The molecule has 6 heteroatoms. The molecule has 0 aromatic carbocycles. The lowest BCUT2D eigenvalue weighted by atomic mass is 9.95. The minimum absolute atomic E-state index is 0.488. The van der Waals surface area contributed by atoms with Crippen LogP contribution >= 0.6 is 0 Å². The smallest absolute Gasteiger partial charge is 0.256 e. The lowest BCUT2D eigenvalue weighted by Gasteiger charge is -2.23. The van der Waals surface area contributed by atoms with E-state index in [2.05, 4.69) is 20.4 Å². The third kappa shape index (κ3) is 3.21. The van der Waals surface area contributed by atoms with Crippen molar-refractivity contribution >= 4 is 5.82 Å². The van der Waals surface area contributed by atoms with Gasteiger partial charge in [0.15, 0.2) is 0 Å². The topological polar surface area (TPSA) is 64.9 Å². The van der Waals surface area contributed by atoms with Gasteiger partial charge >= 0.3 is 0 Å². The minimum Gasteiger partial charge on any atom is -0.481 e. The standard InChI is InChI=1S/C16H23N5O/c1-11-9-12(2)21(20-11)16-18-14(10-15(19-16)22-3)17-13-7-5-4-6-8-13/h9-10,13H,4-8H2,1-3H3,(H,17,18,19). The average molecular weight is 301 g/mol. The molecule has 0 saturated heterocycles. The number of ether oxygens (including phenoxy) is 1. The second-order valence-corrected chi connectivity index (χ2v) is 5.91. The Morgan fingerprint density at radius 1 is 1.14 bits per heavy atom. The summed E-state index contributed by atoms with van der Waals surface area (Å²) in [5, 5.41) is 7.97. The lowest BCUT2D eigenvalue weighted by Crippen LogP contribution is -2.23.